The monoisotopic (exact) mass is 315 g/mol. The molecule has 0 aliphatic carbocycles. The molecule has 0 saturated heterocycles. The van der Waals surface area contributed by atoms with Crippen molar-refractivity contribution in [2.45, 2.75) is 31.2 Å². The van der Waals surface area contributed by atoms with E-state index in [0.29, 0.717) is 11.7 Å². The normalized spacial score (nSPS) is 12.5. The highest BCUT2D eigenvalue weighted by atomic mass is 32.2. The van der Waals surface area contributed by atoms with Crippen LogP contribution >= 0.6 is 11.8 Å². The van der Waals surface area contributed by atoms with Crippen LogP contribution in [-0.2, 0) is 7.05 Å². The van der Waals surface area contributed by atoms with Crippen molar-refractivity contribution in [1.82, 2.24) is 24.9 Å². The molecule has 0 aliphatic heterocycles. The minimum absolute atomic E-state index is 0.0226. The van der Waals surface area contributed by atoms with E-state index in [0.717, 1.165) is 16.5 Å². The van der Waals surface area contributed by atoms with Gasteiger partial charge < -0.3 is 9.09 Å². The number of hydrogen-bond donors (Lipinski definition) is 0. The van der Waals surface area contributed by atoms with Gasteiger partial charge >= 0.3 is 0 Å². The molecule has 3 aromatic rings. The van der Waals surface area contributed by atoms with Gasteiger partial charge in [-0.15, -0.1) is 10.2 Å². The summed E-state index contributed by atoms with van der Waals surface area (Å²) in [7, 11) is 1.96. The molecule has 114 valence electrons. The summed E-state index contributed by atoms with van der Waals surface area (Å²) in [5.74, 6) is 2.09. The molecule has 0 N–H and O–H groups in total. The molecule has 0 radical (unpaired) electrons. The van der Waals surface area contributed by atoms with Crippen LogP contribution in [0.4, 0.5) is 0 Å². The Labute approximate surface area is 133 Å². The minimum Gasteiger partial charge on any atom is -0.338 e. The minimum atomic E-state index is 0.0226. The van der Waals surface area contributed by atoms with Crippen LogP contribution in [0.5, 0.6) is 0 Å². The zero-order chi connectivity index (χ0) is 15.7. The standard InChI is InChI=1S/C15H17N5OS/c1-9-6-5-7-12(8-9)13-17-18-15(20(13)4)22-10(2)14-16-11(3)19-21-14/h5-8,10H,1-4H3. The molecule has 0 fully saturated rings. The summed E-state index contributed by atoms with van der Waals surface area (Å²) in [6.07, 6.45) is 0. The van der Waals surface area contributed by atoms with Gasteiger partial charge in [-0.25, -0.2) is 0 Å². The lowest BCUT2D eigenvalue weighted by atomic mass is 10.1. The predicted octanol–water partition coefficient (Wildman–Crippen LogP) is 3.34. The first-order valence-electron chi connectivity index (χ1n) is 6.98. The summed E-state index contributed by atoms with van der Waals surface area (Å²) in [5.41, 5.74) is 2.26. The van der Waals surface area contributed by atoms with E-state index >= 15 is 0 Å². The van der Waals surface area contributed by atoms with Gasteiger partial charge in [0.1, 0.15) is 0 Å². The molecule has 1 aromatic carbocycles. The van der Waals surface area contributed by atoms with Gasteiger partial charge in [0.05, 0.1) is 5.25 Å². The van der Waals surface area contributed by atoms with Crippen LogP contribution in [0.25, 0.3) is 11.4 Å². The second-order valence-corrected chi connectivity index (χ2v) is 6.48. The SMILES string of the molecule is Cc1cccc(-c2nnc(SC(C)c3nc(C)no3)n2C)c1. The molecule has 22 heavy (non-hydrogen) atoms. The number of rotatable bonds is 4. The van der Waals surface area contributed by atoms with Crippen LogP contribution < -0.4 is 0 Å². The van der Waals surface area contributed by atoms with Gasteiger partial charge in [0.25, 0.3) is 0 Å². The van der Waals surface area contributed by atoms with E-state index in [1.54, 1.807) is 11.8 Å². The van der Waals surface area contributed by atoms with Crippen molar-refractivity contribution < 1.29 is 4.52 Å². The van der Waals surface area contributed by atoms with Crippen LogP contribution in [0.2, 0.25) is 0 Å². The molecule has 0 spiro atoms. The number of benzene rings is 1. The summed E-state index contributed by atoms with van der Waals surface area (Å²) in [4.78, 5) is 4.26. The molecule has 0 saturated carbocycles. The third-order valence-electron chi connectivity index (χ3n) is 3.28. The van der Waals surface area contributed by atoms with Crippen molar-refractivity contribution in [3.05, 3.63) is 41.5 Å². The largest absolute Gasteiger partial charge is 0.338 e. The summed E-state index contributed by atoms with van der Waals surface area (Å²) in [6.45, 7) is 5.89. The maximum Gasteiger partial charge on any atom is 0.239 e. The first kappa shape index (κ1) is 14.8. The average Bonchev–Trinajstić information content (AvgIpc) is 3.06. The fourth-order valence-electron chi connectivity index (χ4n) is 2.14. The van der Waals surface area contributed by atoms with E-state index in [-0.39, 0.29) is 5.25 Å². The lowest BCUT2D eigenvalue weighted by molar-refractivity contribution is 0.376. The third kappa shape index (κ3) is 2.89. The maximum absolute atomic E-state index is 5.21. The molecule has 2 heterocycles. The van der Waals surface area contributed by atoms with Crippen molar-refractivity contribution in [2.75, 3.05) is 0 Å². The van der Waals surface area contributed by atoms with E-state index in [9.17, 15) is 0 Å². The van der Waals surface area contributed by atoms with Gasteiger partial charge in [-0.2, -0.15) is 4.98 Å². The zero-order valence-electron chi connectivity index (χ0n) is 12.9. The molecular weight excluding hydrogens is 298 g/mol. The van der Waals surface area contributed by atoms with E-state index in [4.69, 9.17) is 4.52 Å². The molecule has 2 aromatic heterocycles. The van der Waals surface area contributed by atoms with Gasteiger partial charge in [0.2, 0.25) is 5.89 Å². The fourth-order valence-corrected chi connectivity index (χ4v) is 2.99. The second kappa shape index (κ2) is 5.92. The number of thioether (sulfide) groups is 1. The van der Waals surface area contributed by atoms with E-state index in [1.807, 2.05) is 37.6 Å². The van der Waals surface area contributed by atoms with Gasteiger partial charge in [-0.1, -0.05) is 40.7 Å². The summed E-state index contributed by atoms with van der Waals surface area (Å²) >= 11 is 1.55. The highest BCUT2D eigenvalue weighted by Crippen LogP contribution is 2.34. The summed E-state index contributed by atoms with van der Waals surface area (Å²) in [5, 5.41) is 13.2. The predicted molar refractivity (Wildman–Crippen MR) is 84.5 cm³/mol. The molecule has 1 unspecified atom stereocenters. The van der Waals surface area contributed by atoms with Crippen molar-refractivity contribution in [3.63, 3.8) is 0 Å². The molecule has 1 atom stereocenters. The Kier molecular flexibility index (Phi) is 3.98. The van der Waals surface area contributed by atoms with E-state index < -0.39 is 0 Å². The first-order valence-corrected chi connectivity index (χ1v) is 7.86. The molecule has 7 heteroatoms. The molecule has 0 aliphatic rings. The number of aromatic nitrogens is 5. The van der Waals surface area contributed by atoms with Crippen molar-refractivity contribution >= 4 is 11.8 Å². The van der Waals surface area contributed by atoms with Crippen LogP contribution in [0.3, 0.4) is 0 Å². The molecule has 3 rings (SSSR count). The highest BCUT2D eigenvalue weighted by molar-refractivity contribution is 7.99. The number of nitrogens with zero attached hydrogens (tertiary/aromatic N) is 5. The van der Waals surface area contributed by atoms with Gasteiger partial charge in [-0.05, 0) is 26.8 Å². The lowest BCUT2D eigenvalue weighted by Crippen LogP contribution is -1.97. The number of aryl methyl sites for hydroxylation is 2. The van der Waals surface area contributed by atoms with Crippen LogP contribution in [-0.4, -0.2) is 24.9 Å². The van der Waals surface area contributed by atoms with Crippen LogP contribution in [0.15, 0.2) is 33.9 Å². The third-order valence-corrected chi connectivity index (χ3v) is 4.41. The lowest BCUT2D eigenvalue weighted by Gasteiger charge is -2.07. The Hall–Kier alpha value is -2.15. The van der Waals surface area contributed by atoms with Gasteiger partial charge in [0.15, 0.2) is 16.8 Å². The van der Waals surface area contributed by atoms with Crippen LogP contribution in [0.1, 0.15) is 29.5 Å². The summed E-state index contributed by atoms with van der Waals surface area (Å²) in [6, 6.07) is 8.23. The molecule has 0 amide bonds. The van der Waals surface area contributed by atoms with E-state index in [1.165, 1.54) is 5.56 Å². The Balaban J connectivity index is 1.84. The Morgan fingerprint density at radius 1 is 1.23 bits per heavy atom. The first-order chi connectivity index (χ1) is 10.5. The summed E-state index contributed by atoms with van der Waals surface area (Å²) < 4.78 is 7.19. The highest BCUT2D eigenvalue weighted by Gasteiger charge is 2.19. The zero-order valence-corrected chi connectivity index (χ0v) is 13.8. The smallest absolute Gasteiger partial charge is 0.239 e. The van der Waals surface area contributed by atoms with Crippen molar-refractivity contribution in [2.24, 2.45) is 7.05 Å². The number of hydrogen-bond acceptors (Lipinski definition) is 6. The molecule has 0 bridgehead atoms. The van der Waals surface area contributed by atoms with Gasteiger partial charge in [-0.3, -0.25) is 0 Å². The Morgan fingerprint density at radius 3 is 2.73 bits per heavy atom. The average molecular weight is 315 g/mol. The van der Waals surface area contributed by atoms with Crippen LogP contribution in [0, 0.1) is 13.8 Å². The maximum atomic E-state index is 5.21. The topological polar surface area (TPSA) is 69.6 Å². The van der Waals surface area contributed by atoms with E-state index in [2.05, 4.69) is 39.4 Å². The molecular formula is C15H17N5OS. The molecule has 6 nitrogen and oxygen atoms in total. The Bertz CT molecular complexity index is 795. The Morgan fingerprint density at radius 2 is 2.05 bits per heavy atom. The second-order valence-electron chi connectivity index (χ2n) is 5.17. The fraction of sp³-hybridized carbons (Fsp3) is 0.333. The quantitative estimate of drug-likeness (QED) is 0.688. The van der Waals surface area contributed by atoms with Crippen molar-refractivity contribution in [3.8, 4) is 11.4 Å². The van der Waals surface area contributed by atoms with Gasteiger partial charge in [0, 0.05) is 12.6 Å². The van der Waals surface area contributed by atoms with Crippen molar-refractivity contribution in [1.29, 1.82) is 0 Å².